The predicted molar refractivity (Wildman–Crippen MR) is 130 cm³/mol. The molecule has 0 fully saturated rings. The lowest BCUT2D eigenvalue weighted by atomic mass is 10.1. The number of hydrogen-bond donors (Lipinski definition) is 1. The van der Waals surface area contributed by atoms with Crippen LogP contribution in [0.2, 0.25) is 0 Å². The maximum Gasteiger partial charge on any atom is 0.333 e. The molecule has 4 aromatic rings. The Morgan fingerprint density at radius 1 is 1.06 bits per heavy atom. The van der Waals surface area contributed by atoms with Crippen molar-refractivity contribution in [1.82, 2.24) is 18.7 Å². The second-order valence-electron chi connectivity index (χ2n) is 8.22. The molecule has 0 atom stereocenters. The Hall–Kier alpha value is -3.98. The summed E-state index contributed by atoms with van der Waals surface area (Å²) in [6, 6.07) is 15.1. The van der Waals surface area contributed by atoms with E-state index in [-0.39, 0.29) is 17.7 Å². The zero-order valence-corrected chi connectivity index (χ0v) is 19.4. The highest BCUT2D eigenvalue weighted by molar-refractivity contribution is 5.91. The molecule has 176 valence electrons. The number of nitrogens with zero attached hydrogens (tertiary/aromatic N) is 4. The summed E-state index contributed by atoms with van der Waals surface area (Å²) < 4.78 is 9.20. The molecule has 2 aromatic heterocycles. The van der Waals surface area contributed by atoms with Gasteiger partial charge in [0.15, 0.2) is 11.2 Å². The first-order valence-electron chi connectivity index (χ1n) is 11.0. The van der Waals surface area contributed by atoms with Gasteiger partial charge < -0.3 is 14.6 Å². The highest BCUT2D eigenvalue weighted by atomic mass is 16.5. The number of rotatable bonds is 8. The molecule has 0 saturated carbocycles. The minimum Gasteiger partial charge on any atom is -0.383 e. The Labute approximate surface area is 196 Å². The Kier molecular flexibility index (Phi) is 6.74. The summed E-state index contributed by atoms with van der Waals surface area (Å²) in [6.45, 7) is 4.43. The van der Waals surface area contributed by atoms with Crippen molar-refractivity contribution in [2.45, 2.75) is 33.5 Å². The van der Waals surface area contributed by atoms with Crippen LogP contribution in [0.25, 0.3) is 11.2 Å². The van der Waals surface area contributed by atoms with Crippen LogP contribution >= 0.6 is 0 Å². The highest BCUT2D eigenvalue weighted by Gasteiger charge is 2.20. The number of carbonyl (C=O) groups is 1. The molecule has 0 unspecified atom stereocenters. The second-order valence-corrected chi connectivity index (χ2v) is 8.22. The molecular formula is C25H27N5O4. The number of carbonyl (C=O) groups excluding carboxylic acids is 1. The molecular weight excluding hydrogens is 434 g/mol. The largest absolute Gasteiger partial charge is 0.383 e. The Bertz CT molecular complexity index is 1450. The molecule has 1 N–H and O–H groups in total. The van der Waals surface area contributed by atoms with Gasteiger partial charge in [-0.25, -0.2) is 14.3 Å². The van der Waals surface area contributed by atoms with Crippen LogP contribution in [0.15, 0.2) is 64.4 Å². The minimum atomic E-state index is -0.589. The van der Waals surface area contributed by atoms with E-state index in [9.17, 15) is 14.4 Å². The van der Waals surface area contributed by atoms with E-state index in [1.807, 2.05) is 62.4 Å². The van der Waals surface area contributed by atoms with Crippen molar-refractivity contribution in [3.8, 4) is 0 Å². The molecule has 0 bridgehead atoms. The zero-order valence-electron chi connectivity index (χ0n) is 19.4. The molecule has 0 aliphatic carbocycles. The smallest absolute Gasteiger partial charge is 0.333 e. The fourth-order valence-corrected chi connectivity index (χ4v) is 3.93. The number of benzene rings is 2. The molecule has 9 heteroatoms. The van der Waals surface area contributed by atoms with Crippen LogP contribution in [0.1, 0.15) is 16.7 Å². The maximum atomic E-state index is 13.4. The van der Waals surface area contributed by atoms with Gasteiger partial charge in [0.2, 0.25) is 5.91 Å². The van der Waals surface area contributed by atoms with E-state index in [1.165, 1.54) is 10.9 Å². The van der Waals surface area contributed by atoms with Crippen LogP contribution in [-0.2, 0) is 29.2 Å². The van der Waals surface area contributed by atoms with Gasteiger partial charge in [-0.3, -0.25) is 14.2 Å². The molecule has 9 nitrogen and oxygen atoms in total. The number of fused-ring (bicyclic) bond motifs is 1. The summed E-state index contributed by atoms with van der Waals surface area (Å²) in [4.78, 5) is 44.0. The topological polar surface area (TPSA) is 100 Å². The molecule has 34 heavy (non-hydrogen) atoms. The number of hydrogen-bond acceptors (Lipinski definition) is 5. The van der Waals surface area contributed by atoms with Gasteiger partial charge in [-0.1, -0.05) is 48.0 Å². The number of imidazole rings is 1. The van der Waals surface area contributed by atoms with E-state index in [4.69, 9.17) is 4.74 Å². The van der Waals surface area contributed by atoms with E-state index < -0.39 is 23.7 Å². The predicted octanol–water partition coefficient (Wildman–Crippen LogP) is 2.31. The number of amides is 1. The first-order valence-corrected chi connectivity index (χ1v) is 11.0. The number of nitrogens with one attached hydrogen (secondary N) is 1. The zero-order chi connectivity index (χ0) is 24.2. The quantitative estimate of drug-likeness (QED) is 0.434. The third-order valence-corrected chi connectivity index (χ3v) is 5.66. The first-order chi connectivity index (χ1) is 16.4. The monoisotopic (exact) mass is 461 g/mol. The van der Waals surface area contributed by atoms with Gasteiger partial charge in [-0.05, 0) is 31.0 Å². The van der Waals surface area contributed by atoms with Crippen LogP contribution in [0.4, 0.5) is 5.69 Å². The molecule has 0 aliphatic heterocycles. The molecule has 2 heterocycles. The van der Waals surface area contributed by atoms with Gasteiger partial charge in [-0.15, -0.1) is 0 Å². The number of anilines is 1. The second kappa shape index (κ2) is 9.88. The van der Waals surface area contributed by atoms with E-state index in [0.717, 1.165) is 21.3 Å². The van der Waals surface area contributed by atoms with Gasteiger partial charge in [0.05, 0.1) is 19.5 Å². The van der Waals surface area contributed by atoms with Gasteiger partial charge in [0, 0.05) is 19.3 Å². The maximum absolute atomic E-state index is 13.4. The van der Waals surface area contributed by atoms with Crippen LogP contribution in [0.5, 0.6) is 0 Å². The molecule has 4 rings (SSSR count). The molecule has 0 aliphatic rings. The average molecular weight is 462 g/mol. The normalized spacial score (nSPS) is 11.1. The first kappa shape index (κ1) is 23.2. The summed E-state index contributed by atoms with van der Waals surface area (Å²) in [5, 5.41) is 2.81. The van der Waals surface area contributed by atoms with Crippen LogP contribution in [0, 0.1) is 13.8 Å². The summed E-state index contributed by atoms with van der Waals surface area (Å²) in [7, 11) is 1.57. The third kappa shape index (κ3) is 4.69. The van der Waals surface area contributed by atoms with Crippen molar-refractivity contribution in [3.05, 3.63) is 92.4 Å². The van der Waals surface area contributed by atoms with Crippen molar-refractivity contribution in [3.63, 3.8) is 0 Å². The fraction of sp³-hybridized carbons (Fsp3) is 0.280. The van der Waals surface area contributed by atoms with Gasteiger partial charge in [0.1, 0.15) is 6.54 Å². The number of aryl methyl sites for hydroxylation is 2. The van der Waals surface area contributed by atoms with E-state index >= 15 is 0 Å². The minimum absolute atomic E-state index is 0.219. The Balaban J connectivity index is 1.77. The standard InChI is InChI=1S/C25H27N5O4/c1-17-9-10-20(18(2)13-17)27-21(31)15-30-24(32)22-23(26-16-28(22)11-12-34-3)29(25(30)33)14-19-7-5-4-6-8-19/h4-10,13,16H,11-12,14-15H2,1-3H3,(H,27,31). The average Bonchev–Trinajstić information content (AvgIpc) is 3.24. The summed E-state index contributed by atoms with van der Waals surface area (Å²) in [6.07, 6.45) is 1.52. The summed E-state index contributed by atoms with van der Waals surface area (Å²) in [5.74, 6) is -0.459. The highest BCUT2D eigenvalue weighted by Crippen LogP contribution is 2.16. The molecule has 2 aromatic carbocycles. The van der Waals surface area contributed by atoms with Crippen molar-refractivity contribution >= 4 is 22.8 Å². The van der Waals surface area contributed by atoms with E-state index in [2.05, 4.69) is 10.3 Å². The van der Waals surface area contributed by atoms with Crippen molar-refractivity contribution in [2.75, 3.05) is 19.0 Å². The van der Waals surface area contributed by atoms with E-state index in [0.29, 0.717) is 18.8 Å². The van der Waals surface area contributed by atoms with Crippen molar-refractivity contribution in [2.24, 2.45) is 0 Å². The number of ether oxygens (including phenoxy) is 1. The lowest BCUT2D eigenvalue weighted by Gasteiger charge is -2.14. The van der Waals surface area contributed by atoms with Crippen LogP contribution in [-0.4, -0.2) is 38.3 Å². The Morgan fingerprint density at radius 2 is 1.82 bits per heavy atom. The fourth-order valence-electron chi connectivity index (χ4n) is 3.93. The third-order valence-electron chi connectivity index (χ3n) is 5.66. The lowest BCUT2D eigenvalue weighted by molar-refractivity contribution is -0.116. The Morgan fingerprint density at radius 3 is 2.53 bits per heavy atom. The van der Waals surface area contributed by atoms with Crippen LogP contribution in [0.3, 0.4) is 0 Å². The SMILES string of the molecule is COCCn1cnc2c1c(=O)n(CC(=O)Nc1ccc(C)cc1C)c(=O)n2Cc1ccccc1. The molecule has 0 radical (unpaired) electrons. The van der Waals surface area contributed by atoms with E-state index in [1.54, 1.807) is 11.7 Å². The molecule has 0 saturated heterocycles. The lowest BCUT2D eigenvalue weighted by Crippen LogP contribution is -2.43. The summed E-state index contributed by atoms with van der Waals surface area (Å²) >= 11 is 0. The molecule has 1 amide bonds. The number of aromatic nitrogens is 4. The van der Waals surface area contributed by atoms with Gasteiger partial charge in [0.25, 0.3) is 5.56 Å². The van der Waals surface area contributed by atoms with Crippen molar-refractivity contribution in [1.29, 1.82) is 0 Å². The van der Waals surface area contributed by atoms with Crippen LogP contribution < -0.4 is 16.6 Å². The van der Waals surface area contributed by atoms with Gasteiger partial charge in [-0.2, -0.15) is 0 Å². The summed E-state index contributed by atoms with van der Waals surface area (Å²) in [5.41, 5.74) is 2.87. The van der Waals surface area contributed by atoms with Crippen molar-refractivity contribution < 1.29 is 9.53 Å². The van der Waals surface area contributed by atoms with Gasteiger partial charge >= 0.3 is 5.69 Å². The molecule has 0 spiro atoms. The number of methoxy groups -OCH3 is 1.